The Morgan fingerprint density at radius 2 is 1.63 bits per heavy atom. The predicted molar refractivity (Wildman–Crippen MR) is 113 cm³/mol. The summed E-state index contributed by atoms with van der Waals surface area (Å²) >= 11 is 0. The molecule has 4 rings (SSSR count). The summed E-state index contributed by atoms with van der Waals surface area (Å²) < 4.78 is 51.9. The molecular formula is C21H26FN3O4S. The molecule has 2 aromatic rings. The Morgan fingerprint density at radius 3 is 2.33 bits per heavy atom. The van der Waals surface area contributed by atoms with E-state index in [0.29, 0.717) is 51.7 Å². The zero-order valence-corrected chi connectivity index (χ0v) is 17.5. The Balaban J connectivity index is 1.63. The average Bonchev–Trinajstić information content (AvgIpc) is 2.79. The Bertz CT molecular complexity index is 974. The number of hydrogen-bond donors (Lipinski definition) is 1. The van der Waals surface area contributed by atoms with Gasteiger partial charge in [0.2, 0.25) is 10.0 Å². The number of benzene rings is 2. The Kier molecular flexibility index (Phi) is 6.52. The maximum absolute atomic E-state index is 13.5. The molecule has 1 N–H and O–H groups in total. The van der Waals surface area contributed by atoms with Crippen LogP contribution >= 0.6 is 0 Å². The molecule has 2 aliphatic rings. The first-order chi connectivity index (χ1) is 14.5. The number of nitrogens with zero attached hydrogens (tertiary/aromatic N) is 2. The van der Waals surface area contributed by atoms with Gasteiger partial charge < -0.3 is 19.7 Å². The first kappa shape index (κ1) is 21.0. The summed E-state index contributed by atoms with van der Waals surface area (Å²) in [5, 5.41) is 3.31. The number of hydrogen-bond acceptors (Lipinski definition) is 6. The van der Waals surface area contributed by atoms with Crippen LogP contribution in [-0.2, 0) is 26.0 Å². The fourth-order valence-corrected chi connectivity index (χ4v) is 5.11. The van der Waals surface area contributed by atoms with Gasteiger partial charge in [0.1, 0.15) is 5.82 Å². The van der Waals surface area contributed by atoms with E-state index in [1.54, 1.807) is 18.2 Å². The zero-order chi connectivity index (χ0) is 21.0. The Hall–Kier alpha value is -2.20. The predicted octanol–water partition coefficient (Wildman–Crippen LogP) is 2.30. The van der Waals surface area contributed by atoms with Crippen molar-refractivity contribution in [2.75, 3.05) is 62.8 Å². The molecule has 0 radical (unpaired) electrons. The third-order valence-corrected chi connectivity index (χ3v) is 7.19. The summed E-state index contributed by atoms with van der Waals surface area (Å²) in [5.74, 6) is -0.300. The van der Waals surface area contributed by atoms with E-state index in [0.717, 1.165) is 24.3 Å². The molecule has 0 spiro atoms. The lowest BCUT2D eigenvalue weighted by Gasteiger charge is -2.31. The maximum atomic E-state index is 13.5. The van der Waals surface area contributed by atoms with Gasteiger partial charge in [-0.15, -0.1) is 0 Å². The van der Waals surface area contributed by atoms with Crippen molar-refractivity contribution >= 4 is 21.4 Å². The molecule has 0 bridgehead atoms. The monoisotopic (exact) mass is 435 g/mol. The largest absolute Gasteiger partial charge is 0.379 e. The summed E-state index contributed by atoms with van der Waals surface area (Å²) in [5.41, 5.74) is 2.40. The molecule has 0 amide bonds. The van der Waals surface area contributed by atoms with Gasteiger partial charge in [-0.25, -0.2) is 12.8 Å². The summed E-state index contributed by atoms with van der Waals surface area (Å²) in [4.78, 5) is 2.41. The number of sulfonamides is 1. The molecule has 2 heterocycles. The van der Waals surface area contributed by atoms with Crippen molar-refractivity contribution in [3.05, 3.63) is 53.8 Å². The molecule has 2 saturated heterocycles. The summed E-state index contributed by atoms with van der Waals surface area (Å²) in [6, 6.07) is 11.5. The van der Waals surface area contributed by atoms with Gasteiger partial charge in [0.05, 0.1) is 42.7 Å². The van der Waals surface area contributed by atoms with Crippen LogP contribution in [0, 0.1) is 5.82 Å². The van der Waals surface area contributed by atoms with E-state index >= 15 is 0 Å². The molecule has 9 heteroatoms. The lowest BCUT2D eigenvalue weighted by atomic mass is 10.2. The summed E-state index contributed by atoms with van der Waals surface area (Å²) in [7, 11) is -3.61. The minimum Gasteiger partial charge on any atom is -0.379 e. The molecule has 0 aromatic heterocycles. The number of nitrogens with one attached hydrogen (secondary N) is 1. The van der Waals surface area contributed by atoms with Gasteiger partial charge >= 0.3 is 0 Å². The smallest absolute Gasteiger partial charge is 0.243 e. The zero-order valence-electron chi connectivity index (χ0n) is 16.7. The number of morpholine rings is 2. The standard InChI is InChI=1S/C21H26FN3O4S/c22-18-3-1-2-17(14-18)16-23-20-15-19(30(26,27)25-8-12-29-13-9-25)4-5-21(20)24-6-10-28-11-7-24/h1-5,14-15,23H,6-13,16H2. The highest BCUT2D eigenvalue weighted by Crippen LogP contribution is 2.31. The van der Waals surface area contributed by atoms with Crippen molar-refractivity contribution in [3.63, 3.8) is 0 Å². The van der Waals surface area contributed by atoms with Gasteiger partial charge in [-0.3, -0.25) is 0 Å². The van der Waals surface area contributed by atoms with Crippen LogP contribution in [0.4, 0.5) is 15.8 Å². The third-order valence-electron chi connectivity index (χ3n) is 5.30. The molecule has 2 aliphatic heterocycles. The second kappa shape index (κ2) is 9.30. The lowest BCUT2D eigenvalue weighted by Crippen LogP contribution is -2.40. The highest BCUT2D eigenvalue weighted by Gasteiger charge is 2.27. The van der Waals surface area contributed by atoms with Crippen molar-refractivity contribution in [1.82, 2.24) is 4.31 Å². The molecule has 0 saturated carbocycles. The van der Waals surface area contributed by atoms with E-state index in [-0.39, 0.29) is 10.7 Å². The van der Waals surface area contributed by atoms with Crippen molar-refractivity contribution in [3.8, 4) is 0 Å². The van der Waals surface area contributed by atoms with Gasteiger partial charge in [-0.05, 0) is 35.9 Å². The summed E-state index contributed by atoms with van der Waals surface area (Å²) in [6.45, 7) is 4.57. The van der Waals surface area contributed by atoms with Crippen LogP contribution in [0.2, 0.25) is 0 Å². The maximum Gasteiger partial charge on any atom is 0.243 e. The van der Waals surface area contributed by atoms with Crippen molar-refractivity contribution in [2.45, 2.75) is 11.4 Å². The Morgan fingerprint density at radius 1 is 0.933 bits per heavy atom. The van der Waals surface area contributed by atoms with E-state index in [2.05, 4.69) is 10.2 Å². The van der Waals surface area contributed by atoms with Crippen molar-refractivity contribution in [1.29, 1.82) is 0 Å². The van der Waals surface area contributed by atoms with Gasteiger partial charge in [0, 0.05) is 32.7 Å². The van der Waals surface area contributed by atoms with Crippen LogP contribution in [0.1, 0.15) is 5.56 Å². The Labute approximate surface area is 176 Å². The second-order valence-electron chi connectivity index (χ2n) is 7.28. The first-order valence-corrected chi connectivity index (χ1v) is 11.5. The van der Waals surface area contributed by atoms with Crippen LogP contribution < -0.4 is 10.2 Å². The minimum absolute atomic E-state index is 0.239. The average molecular weight is 436 g/mol. The van der Waals surface area contributed by atoms with Crippen LogP contribution in [-0.4, -0.2) is 65.3 Å². The molecule has 30 heavy (non-hydrogen) atoms. The van der Waals surface area contributed by atoms with Gasteiger partial charge in [0.25, 0.3) is 0 Å². The molecule has 0 aliphatic carbocycles. The highest BCUT2D eigenvalue weighted by molar-refractivity contribution is 7.89. The van der Waals surface area contributed by atoms with E-state index in [1.807, 2.05) is 12.1 Å². The van der Waals surface area contributed by atoms with Crippen LogP contribution in [0.15, 0.2) is 47.4 Å². The molecule has 162 valence electrons. The molecule has 0 atom stereocenters. The molecule has 2 aromatic carbocycles. The molecular weight excluding hydrogens is 409 g/mol. The second-order valence-corrected chi connectivity index (χ2v) is 9.22. The third kappa shape index (κ3) is 4.75. The highest BCUT2D eigenvalue weighted by atomic mass is 32.2. The topological polar surface area (TPSA) is 71.1 Å². The van der Waals surface area contributed by atoms with Crippen LogP contribution in [0.25, 0.3) is 0 Å². The van der Waals surface area contributed by atoms with Crippen molar-refractivity contribution < 1.29 is 22.3 Å². The van der Waals surface area contributed by atoms with Gasteiger partial charge in [-0.2, -0.15) is 4.31 Å². The molecule has 7 nitrogen and oxygen atoms in total. The van der Waals surface area contributed by atoms with Crippen molar-refractivity contribution in [2.24, 2.45) is 0 Å². The SMILES string of the molecule is O=S(=O)(c1ccc(N2CCOCC2)c(NCc2cccc(F)c2)c1)N1CCOCC1. The lowest BCUT2D eigenvalue weighted by molar-refractivity contribution is 0.0730. The van der Waals surface area contributed by atoms with E-state index in [4.69, 9.17) is 9.47 Å². The number of anilines is 2. The fourth-order valence-electron chi connectivity index (χ4n) is 3.68. The minimum atomic E-state index is -3.61. The normalized spacial score (nSPS) is 18.4. The van der Waals surface area contributed by atoms with E-state index in [9.17, 15) is 12.8 Å². The molecule has 2 fully saturated rings. The number of halogens is 1. The van der Waals surface area contributed by atoms with Gasteiger partial charge in [-0.1, -0.05) is 12.1 Å². The van der Waals surface area contributed by atoms with E-state index in [1.165, 1.54) is 16.4 Å². The summed E-state index contributed by atoms with van der Waals surface area (Å²) in [6.07, 6.45) is 0. The fraction of sp³-hybridized carbons (Fsp3) is 0.429. The van der Waals surface area contributed by atoms with Crippen LogP contribution in [0.3, 0.4) is 0 Å². The van der Waals surface area contributed by atoms with Gasteiger partial charge in [0.15, 0.2) is 0 Å². The molecule has 0 unspecified atom stereocenters. The number of ether oxygens (including phenoxy) is 2. The quantitative estimate of drug-likeness (QED) is 0.751. The first-order valence-electron chi connectivity index (χ1n) is 10.1. The number of rotatable bonds is 6. The van der Waals surface area contributed by atoms with E-state index < -0.39 is 10.0 Å². The van der Waals surface area contributed by atoms with Crippen LogP contribution in [0.5, 0.6) is 0 Å².